The van der Waals surface area contributed by atoms with Gasteiger partial charge in [-0.1, -0.05) is 18.2 Å². The number of para-hydroxylation sites is 1. The van der Waals surface area contributed by atoms with E-state index in [1.807, 2.05) is 36.6 Å². The second kappa shape index (κ2) is 4.27. The summed E-state index contributed by atoms with van der Waals surface area (Å²) in [5, 5.41) is 4.73. The van der Waals surface area contributed by atoms with Crippen molar-refractivity contribution in [1.29, 1.82) is 0 Å². The number of anilines is 1. The number of hydrogen-bond acceptors (Lipinski definition) is 3. The highest BCUT2D eigenvalue weighted by Crippen LogP contribution is 2.18. The maximum atomic E-state index is 12.2. The van der Waals surface area contributed by atoms with Crippen molar-refractivity contribution < 1.29 is 4.79 Å². The Balaban J connectivity index is 1.93. The van der Waals surface area contributed by atoms with Crippen LogP contribution in [0.25, 0.3) is 4.96 Å². The van der Waals surface area contributed by atoms with Gasteiger partial charge in [0.05, 0.1) is 0 Å². The first-order valence-electron chi connectivity index (χ1n) is 5.53. The average Bonchev–Trinajstić information content (AvgIpc) is 2.93. The van der Waals surface area contributed by atoms with E-state index in [0.29, 0.717) is 5.69 Å². The van der Waals surface area contributed by atoms with Crippen molar-refractivity contribution in [3.63, 3.8) is 0 Å². The lowest BCUT2D eigenvalue weighted by atomic mass is 10.2. The molecule has 0 aliphatic heterocycles. The fourth-order valence-electron chi connectivity index (χ4n) is 1.79. The highest BCUT2D eigenvalue weighted by molar-refractivity contribution is 7.15. The number of thiazole rings is 1. The Kier molecular flexibility index (Phi) is 2.60. The number of imidazole rings is 1. The van der Waals surface area contributed by atoms with Crippen molar-refractivity contribution in [3.8, 4) is 0 Å². The molecule has 0 saturated heterocycles. The van der Waals surface area contributed by atoms with Crippen LogP contribution >= 0.6 is 11.3 Å². The Morgan fingerprint density at radius 1 is 1.39 bits per heavy atom. The predicted octanol–water partition coefficient (Wildman–Crippen LogP) is 2.96. The molecule has 3 rings (SSSR count). The molecule has 90 valence electrons. The lowest BCUT2D eigenvalue weighted by Gasteiger charge is -2.07. The second-order valence-electron chi connectivity index (χ2n) is 3.97. The summed E-state index contributed by atoms with van der Waals surface area (Å²) in [5.41, 5.74) is 2.49. The van der Waals surface area contributed by atoms with E-state index in [1.165, 1.54) is 11.3 Å². The SMILES string of the molecule is Cc1ccccc1NC(=O)c1csc2nccn12. The molecule has 4 nitrogen and oxygen atoms in total. The van der Waals surface area contributed by atoms with Gasteiger partial charge in [-0.15, -0.1) is 11.3 Å². The third-order valence-electron chi connectivity index (χ3n) is 2.77. The first kappa shape index (κ1) is 11.0. The van der Waals surface area contributed by atoms with Crippen LogP contribution in [-0.2, 0) is 0 Å². The van der Waals surface area contributed by atoms with E-state index >= 15 is 0 Å². The summed E-state index contributed by atoms with van der Waals surface area (Å²) in [6, 6.07) is 7.72. The molecule has 0 saturated carbocycles. The molecule has 0 fully saturated rings. The van der Waals surface area contributed by atoms with Crippen molar-refractivity contribution in [3.05, 3.63) is 53.3 Å². The fourth-order valence-corrected chi connectivity index (χ4v) is 2.62. The van der Waals surface area contributed by atoms with E-state index in [1.54, 1.807) is 16.8 Å². The van der Waals surface area contributed by atoms with Crippen LogP contribution in [0.1, 0.15) is 16.1 Å². The molecular weight excluding hydrogens is 246 g/mol. The summed E-state index contributed by atoms with van der Waals surface area (Å²) >= 11 is 1.45. The molecule has 0 aliphatic rings. The topological polar surface area (TPSA) is 46.4 Å². The Labute approximate surface area is 108 Å². The van der Waals surface area contributed by atoms with Crippen LogP contribution in [0.15, 0.2) is 42.0 Å². The molecular formula is C13H11N3OS. The summed E-state index contributed by atoms with van der Waals surface area (Å²) in [6.45, 7) is 1.97. The molecule has 1 amide bonds. The average molecular weight is 257 g/mol. The molecule has 0 radical (unpaired) electrons. The van der Waals surface area contributed by atoms with Gasteiger partial charge in [0.15, 0.2) is 4.96 Å². The minimum atomic E-state index is -0.117. The number of nitrogens with one attached hydrogen (secondary N) is 1. The van der Waals surface area contributed by atoms with Gasteiger partial charge in [-0.2, -0.15) is 0 Å². The maximum absolute atomic E-state index is 12.2. The van der Waals surface area contributed by atoms with E-state index in [0.717, 1.165) is 16.2 Å². The summed E-state index contributed by atoms with van der Waals surface area (Å²) in [6.07, 6.45) is 3.48. The second-order valence-corrected chi connectivity index (χ2v) is 4.81. The third-order valence-corrected chi connectivity index (χ3v) is 3.62. The number of aryl methyl sites for hydroxylation is 1. The first-order chi connectivity index (χ1) is 8.75. The van der Waals surface area contributed by atoms with Crippen LogP contribution in [-0.4, -0.2) is 15.3 Å². The van der Waals surface area contributed by atoms with Crippen molar-refractivity contribution in [1.82, 2.24) is 9.38 Å². The van der Waals surface area contributed by atoms with Gasteiger partial charge < -0.3 is 5.32 Å². The number of hydrogen-bond donors (Lipinski definition) is 1. The number of nitrogens with zero attached hydrogens (tertiary/aromatic N) is 2. The summed E-state index contributed by atoms with van der Waals surface area (Å²) in [5.74, 6) is -0.117. The molecule has 2 aromatic heterocycles. The van der Waals surface area contributed by atoms with Crippen molar-refractivity contribution in [2.75, 3.05) is 5.32 Å². The van der Waals surface area contributed by atoms with E-state index in [4.69, 9.17) is 0 Å². The molecule has 1 N–H and O–H groups in total. The number of benzene rings is 1. The number of rotatable bonds is 2. The zero-order valence-electron chi connectivity index (χ0n) is 9.75. The normalized spacial score (nSPS) is 10.7. The first-order valence-corrected chi connectivity index (χ1v) is 6.41. The molecule has 18 heavy (non-hydrogen) atoms. The summed E-state index contributed by atoms with van der Waals surface area (Å²) < 4.78 is 1.79. The maximum Gasteiger partial charge on any atom is 0.273 e. The van der Waals surface area contributed by atoms with Crippen molar-refractivity contribution >= 4 is 27.9 Å². The quantitative estimate of drug-likeness (QED) is 0.767. The summed E-state index contributed by atoms with van der Waals surface area (Å²) in [4.78, 5) is 17.2. The molecule has 3 aromatic rings. The molecule has 0 spiro atoms. The van der Waals surface area contributed by atoms with Gasteiger partial charge >= 0.3 is 0 Å². The largest absolute Gasteiger partial charge is 0.320 e. The van der Waals surface area contributed by atoms with Crippen molar-refractivity contribution in [2.45, 2.75) is 6.92 Å². The fraction of sp³-hybridized carbons (Fsp3) is 0.0769. The van der Waals surface area contributed by atoms with E-state index < -0.39 is 0 Å². The zero-order chi connectivity index (χ0) is 12.5. The van der Waals surface area contributed by atoms with Crippen LogP contribution in [0.3, 0.4) is 0 Å². The molecule has 5 heteroatoms. The zero-order valence-corrected chi connectivity index (χ0v) is 10.6. The van der Waals surface area contributed by atoms with Gasteiger partial charge in [0, 0.05) is 23.5 Å². The monoisotopic (exact) mass is 257 g/mol. The minimum absolute atomic E-state index is 0.117. The molecule has 0 aliphatic carbocycles. The highest BCUT2D eigenvalue weighted by atomic mass is 32.1. The molecule has 0 atom stereocenters. The molecule has 0 unspecified atom stereocenters. The Hall–Kier alpha value is -2.14. The van der Waals surface area contributed by atoms with E-state index in [2.05, 4.69) is 10.3 Å². The lowest BCUT2D eigenvalue weighted by molar-refractivity contribution is 0.102. The molecule has 2 heterocycles. The van der Waals surface area contributed by atoms with Crippen LogP contribution in [0.5, 0.6) is 0 Å². The van der Waals surface area contributed by atoms with Gasteiger partial charge in [0.1, 0.15) is 5.69 Å². The number of aromatic nitrogens is 2. The third kappa shape index (κ3) is 1.78. The van der Waals surface area contributed by atoms with Crippen LogP contribution < -0.4 is 5.32 Å². The number of amides is 1. The number of carbonyl (C=O) groups excluding carboxylic acids is 1. The van der Waals surface area contributed by atoms with Crippen LogP contribution in [0.4, 0.5) is 5.69 Å². The minimum Gasteiger partial charge on any atom is -0.320 e. The smallest absolute Gasteiger partial charge is 0.273 e. The van der Waals surface area contributed by atoms with Gasteiger partial charge in [-0.05, 0) is 18.6 Å². The molecule has 0 bridgehead atoms. The highest BCUT2D eigenvalue weighted by Gasteiger charge is 2.13. The Morgan fingerprint density at radius 3 is 3.06 bits per heavy atom. The van der Waals surface area contributed by atoms with Gasteiger partial charge in [0.2, 0.25) is 0 Å². The van der Waals surface area contributed by atoms with Gasteiger partial charge in [-0.3, -0.25) is 9.20 Å². The van der Waals surface area contributed by atoms with E-state index in [-0.39, 0.29) is 5.91 Å². The van der Waals surface area contributed by atoms with Gasteiger partial charge in [-0.25, -0.2) is 4.98 Å². The Morgan fingerprint density at radius 2 is 2.22 bits per heavy atom. The van der Waals surface area contributed by atoms with Gasteiger partial charge in [0.25, 0.3) is 5.91 Å². The number of fused-ring (bicyclic) bond motifs is 1. The van der Waals surface area contributed by atoms with E-state index in [9.17, 15) is 4.79 Å². The standard InChI is InChI=1S/C13H11N3OS/c1-9-4-2-3-5-10(9)15-12(17)11-8-18-13-14-6-7-16(11)13/h2-8H,1H3,(H,15,17). The van der Waals surface area contributed by atoms with Crippen LogP contribution in [0.2, 0.25) is 0 Å². The van der Waals surface area contributed by atoms with Crippen molar-refractivity contribution in [2.24, 2.45) is 0 Å². The predicted molar refractivity (Wildman–Crippen MR) is 72.2 cm³/mol. The molecule has 1 aromatic carbocycles. The van der Waals surface area contributed by atoms with Crippen LogP contribution in [0, 0.1) is 6.92 Å². The lowest BCUT2D eigenvalue weighted by Crippen LogP contribution is -2.14. The Bertz CT molecular complexity index is 714. The number of carbonyl (C=O) groups is 1. The summed E-state index contributed by atoms with van der Waals surface area (Å²) in [7, 11) is 0.